The number of hydrogen-bond donors (Lipinski definition) is 2. The van der Waals surface area contributed by atoms with E-state index in [-0.39, 0.29) is 17.2 Å². The first-order valence-corrected chi connectivity index (χ1v) is 8.09. The quantitative estimate of drug-likeness (QED) is 0.806. The molecule has 1 aliphatic carbocycles. The number of rotatable bonds is 4. The number of sulfonamides is 1. The zero-order valence-corrected chi connectivity index (χ0v) is 12.0. The molecule has 0 aromatic carbocycles. The van der Waals surface area contributed by atoms with Crippen LogP contribution in [0.15, 0.2) is 0 Å². The van der Waals surface area contributed by atoms with Crippen LogP contribution in [0.1, 0.15) is 46.5 Å². The van der Waals surface area contributed by atoms with Gasteiger partial charge in [-0.25, -0.2) is 13.1 Å². The highest BCUT2D eigenvalue weighted by molar-refractivity contribution is 7.89. The van der Waals surface area contributed by atoms with E-state index in [0.29, 0.717) is 12.5 Å². The van der Waals surface area contributed by atoms with Gasteiger partial charge < -0.3 is 5.73 Å². The average molecular weight is 262 g/mol. The maximum absolute atomic E-state index is 12.0. The van der Waals surface area contributed by atoms with Crippen molar-refractivity contribution in [1.82, 2.24) is 4.72 Å². The topological polar surface area (TPSA) is 72.2 Å². The van der Waals surface area contributed by atoms with Gasteiger partial charge in [-0.05, 0) is 30.7 Å². The van der Waals surface area contributed by atoms with Crippen molar-refractivity contribution < 1.29 is 8.42 Å². The molecule has 0 bridgehead atoms. The van der Waals surface area contributed by atoms with Crippen molar-refractivity contribution in [2.45, 2.75) is 52.5 Å². The molecule has 0 spiro atoms. The van der Waals surface area contributed by atoms with Crippen molar-refractivity contribution >= 4 is 10.0 Å². The van der Waals surface area contributed by atoms with Crippen LogP contribution >= 0.6 is 0 Å². The second-order valence-corrected chi connectivity index (χ2v) is 8.08. The third kappa shape index (κ3) is 5.36. The molecule has 5 heteroatoms. The summed E-state index contributed by atoms with van der Waals surface area (Å²) in [6.45, 7) is 6.39. The molecule has 0 aromatic rings. The Bertz CT molecular complexity index is 333. The van der Waals surface area contributed by atoms with E-state index in [1.807, 2.05) is 20.8 Å². The first-order valence-electron chi connectivity index (χ1n) is 6.43. The maximum atomic E-state index is 12.0. The van der Waals surface area contributed by atoms with Crippen molar-refractivity contribution in [2.24, 2.45) is 17.1 Å². The zero-order valence-electron chi connectivity index (χ0n) is 11.2. The predicted molar refractivity (Wildman–Crippen MR) is 71.2 cm³/mol. The molecule has 17 heavy (non-hydrogen) atoms. The van der Waals surface area contributed by atoms with E-state index in [0.717, 1.165) is 19.3 Å². The molecule has 0 heterocycles. The molecule has 2 unspecified atom stereocenters. The van der Waals surface area contributed by atoms with Crippen molar-refractivity contribution in [3.8, 4) is 0 Å². The largest absolute Gasteiger partial charge is 0.330 e. The van der Waals surface area contributed by atoms with Crippen LogP contribution in [0.5, 0.6) is 0 Å². The Hall–Kier alpha value is -0.130. The van der Waals surface area contributed by atoms with Gasteiger partial charge in [0.15, 0.2) is 0 Å². The van der Waals surface area contributed by atoms with Crippen LogP contribution in [0.25, 0.3) is 0 Å². The lowest BCUT2D eigenvalue weighted by atomic mass is 9.85. The summed E-state index contributed by atoms with van der Waals surface area (Å²) in [5.74, 6) is 0.479. The maximum Gasteiger partial charge on any atom is 0.212 e. The minimum Gasteiger partial charge on any atom is -0.330 e. The lowest BCUT2D eigenvalue weighted by Crippen LogP contribution is -2.46. The smallest absolute Gasteiger partial charge is 0.212 e. The highest BCUT2D eigenvalue weighted by atomic mass is 32.2. The Morgan fingerprint density at radius 1 is 1.24 bits per heavy atom. The number of nitrogens with two attached hydrogens (primary N) is 1. The van der Waals surface area contributed by atoms with Crippen molar-refractivity contribution in [1.29, 1.82) is 0 Å². The van der Waals surface area contributed by atoms with Gasteiger partial charge in [0.2, 0.25) is 10.0 Å². The highest BCUT2D eigenvalue weighted by Gasteiger charge is 2.29. The third-order valence-corrected chi connectivity index (χ3v) is 5.07. The minimum atomic E-state index is -3.19. The standard InChI is InChI=1S/C12H26N2O2S/c1-12(2,3)9-17(15,16)14-11-7-5-4-6-10(11)8-13/h10-11,14H,4-9,13H2,1-3H3. The van der Waals surface area contributed by atoms with Crippen molar-refractivity contribution in [3.05, 3.63) is 0 Å². The molecule has 1 saturated carbocycles. The van der Waals surface area contributed by atoms with Crippen LogP contribution in [-0.4, -0.2) is 26.8 Å². The molecule has 0 aromatic heterocycles. The molecule has 1 aliphatic rings. The van der Waals surface area contributed by atoms with E-state index < -0.39 is 10.0 Å². The molecular weight excluding hydrogens is 236 g/mol. The van der Waals surface area contributed by atoms with Crippen LogP contribution in [0.2, 0.25) is 0 Å². The average Bonchev–Trinajstić information content (AvgIpc) is 2.14. The molecule has 102 valence electrons. The van der Waals surface area contributed by atoms with E-state index in [9.17, 15) is 8.42 Å². The molecule has 0 radical (unpaired) electrons. The van der Waals surface area contributed by atoms with Gasteiger partial charge in [0.1, 0.15) is 0 Å². The molecule has 0 saturated heterocycles. The number of nitrogens with one attached hydrogen (secondary N) is 1. The molecule has 1 rings (SSSR count). The summed E-state index contributed by atoms with van der Waals surface area (Å²) in [5.41, 5.74) is 5.50. The van der Waals surface area contributed by atoms with Gasteiger partial charge in [0, 0.05) is 6.04 Å². The fourth-order valence-electron chi connectivity index (χ4n) is 2.49. The van der Waals surface area contributed by atoms with E-state index >= 15 is 0 Å². The van der Waals surface area contributed by atoms with E-state index in [4.69, 9.17) is 5.73 Å². The highest BCUT2D eigenvalue weighted by Crippen LogP contribution is 2.25. The summed E-state index contributed by atoms with van der Waals surface area (Å²) in [6, 6.07) is 0.0427. The van der Waals surface area contributed by atoms with Crippen LogP contribution < -0.4 is 10.5 Å². The number of hydrogen-bond acceptors (Lipinski definition) is 3. The van der Waals surface area contributed by atoms with Gasteiger partial charge >= 0.3 is 0 Å². The molecule has 3 N–H and O–H groups in total. The fraction of sp³-hybridized carbons (Fsp3) is 1.00. The van der Waals surface area contributed by atoms with Gasteiger partial charge in [0.25, 0.3) is 0 Å². The summed E-state index contributed by atoms with van der Waals surface area (Å²) in [5, 5.41) is 0. The predicted octanol–water partition coefficient (Wildman–Crippen LogP) is 1.47. The first-order chi connectivity index (χ1) is 7.73. The Morgan fingerprint density at radius 3 is 2.35 bits per heavy atom. The SMILES string of the molecule is CC(C)(C)CS(=O)(=O)NC1CCCCC1CN. The third-order valence-electron chi connectivity index (χ3n) is 3.17. The monoisotopic (exact) mass is 262 g/mol. The lowest BCUT2D eigenvalue weighted by Gasteiger charge is -2.32. The van der Waals surface area contributed by atoms with Gasteiger partial charge in [-0.15, -0.1) is 0 Å². The van der Waals surface area contributed by atoms with Gasteiger partial charge in [-0.3, -0.25) is 0 Å². The van der Waals surface area contributed by atoms with Crippen molar-refractivity contribution in [3.63, 3.8) is 0 Å². The van der Waals surface area contributed by atoms with Crippen LogP contribution in [0.3, 0.4) is 0 Å². The van der Waals surface area contributed by atoms with Gasteiger partial charge in [-0.1, -0.05) is 33.6 Å². The minimum absolute atomic E-state index is 0.0427. The Labute approximate surface area is 105 Å². The second-order valence-electron chi connectivity index (χ2n) is 6.32. The Balaban J connectivity index is 2.62. The molecule has 0 amide bonds. The summed E-state index contributed by atoms with van der Waals surface area (Å²) >= 11 is 0. The first kappa shape index (κ1) is 14.9. The van der Waals surface area contributed by atoms with Crippen molar-refractivity contribution in [2.75, 3.05) is 12.3 Å². The lowest BCUT2D eigenvalue weighted by molar-refractivity contribution is 0.295. The molecule has 4 nitrogen and oxygen atoms in total. The summed E-state index contributed by atoms with van der Waals surface area (Å²) < 4.78 is 26.9. The van der Waals surface area contributed by atoms with Gasteiger partial charge in [-0.2, -0.15) is 0 Å². The fourth-order valence-corrected chi connectivity index (χ4v) is 4.48. The Morgan fingerprint density at radius 2 is 1.82 bits per heavy atom. The normalized spacial score (nSPS) is 27.1. The second kappa shape index (κ2) is 5.67. The molecule has 0 aliphatic heterocycles. The summed E-state index contributed by atoms with van der Waals surface area (Å²) in [4.78, 5) is 0. The Kier molecular flexibility index (Phi) is 4.98. The zero-order chi connectivity index (χ0) is 13.1. The van der Waals surface area contributed by atoms with Crippen LogP contribution in [0.4, 0.5) is 0 Å². The van der Waals surface area contributed by atoms with Gasteiger partial charge in [0.05, 0.1) is 5.75 Å². The molecular formula is C12H26N2O2S. The van der Waals surface area contributed by atoms with E-state index in [1.54, 1.807) is 0 Å². The molecule has 1 fully saturated rings. The van der Waals surface area contributed by atoms with Crippen LogP contribution in [0, 0.1) is 11.3 Å². The molecule has 2 atom stereocenters. The van der Waals surface area contributed by atoms with Crippen LogP contribution in [-0.2, 0) is 10.0 Å². The summed E-state index contributed by atoms with van der Waals surface area (Å²) in [6.07, 6.45) is 4.23. The van der Waals surface area contributed by atoms with E-state index in [2.05, 4.69) is 4.72 Å². The van der Waals surface area contributed by atoms with E-state index in [1.165, 1.54) is 6.42 Å². The summed E-state index contributed by atoms with van der Waals surface area (Å²) in [7, 11) is -3.19.